The number of benzene rings is 3. The molecule has 0 aliphatic rings. The Morgan fingerprint density at radius 2 is 0.674 bits per heavy atom. The van der Waals surface area contributed by atoms with Crippen LogP contribution in [0.3, 0.4) is 0 Å². The van der Waals surface area contributed by atoms with Crippen LogP contribution >= 0.6 is 0 Å². The summed E-state index contributed by atoms with van der Waals surface area (Å²) in [7, 11) is 0. The molecule has 0 saturated heterocycles. The Bertz CT molecular complexity index is 1170. The Morgan fingerprint density at radius 3 is 0.907 bits per heavy atom. The molecule has 0 aliphatic heterocycles. The van der Waals surface area contributed by atoms with E-state index in [1.165, 1.54) is 44.5 Å². The van der Waals surface area contributed by atoms with E-state index in [9.17, 15) is 5.11 Å². The highest BCUT2D eigenvalue weighted by Gasteiger charge is 2.23. The van der Waals surface area contributed by atoms with E-state index in [0.29, 0.717) is 41.3 Å². The molecule has 0 saturated carbocycles. The van der Waals surface area contributed by atoms with E-state index in [4.69, 9.17) is 0 Å². The number of hydrogen-bond acceptors (Lipinski definition) is 1. The van der Waals surface area contributed by atoms with Gasteiger partial charge in [0.15, 0.2) is 0 Å². The Hall–Kier alpha value is -2.54. The molecule has 1 nitrogen and oxygen atoms in total. The van der Waals surface area contributed by atoms with Crippen molar-refractivity contribution in [2.24, 2.45) is 35.5 Å². The van der Waals surface area contributed by atoms with Crippen molar-refractivity contribution in [2.45, 2.75) is 122 Å². The smallest absolute Gasteiger partial charge is 0.131 e. The van der Waals surface area contributed by atoms with Gasteiger partial charge in [-0.1, -0.05) is 126 Å². The summed E-state index contributed by atoms with van der Waals surface area (Å²) in [5.74, 6) is 3.81. The van der Waals surface area contributed by atoms with Gasteiger partial charge in [0.05, 0.1) is 0 Å². The second-order valence-electron chi connectivity index (χ2n) is 15.9. The summed E-state index contributed by atoms with van der Waals surface area (Å²) in [6.45, 7) is 27.7. The Morgan fingerprint density at radius 1 is 0.419 bits per heavy atom. The van der Waals surface area contributed by atoms with Gasteiger partial charge in [-0.2, -0.15) is 0 Å². The van der Waals surface area contributed by atoms with E-state index in [1.54, 1.807) is 0 Å². The number of phenols is 1. The van der Waals surface area contributed by atoms with Crippen LogP contribution < -0.4 is 0 Å². The zero-order valence-electron chi connectivity index (χ0n) is 29.7. The summed E-state index contributed by atoms with van der Waals surface area (Å²) in [5.41, 5.74) is 12.9. The molecule has 3 aromatic carbocycles. The molecule has 236 valence electrons. The van der Waals surface area contributed by atoms with E-state index >= 15 is 0 Å². The van der Waals surface area contributed by atoms with Crippen molar-refractivity contribution in [2.75, 3.05) is 0 Å². The summed E-state index contributed by atoms with van der Waals surface area (Å²) in [4.78, 5) is 0. The van der Waals surface area contributed by atoms with Crippen molar-refractivity contribution in [3.05, 3.63) is 75.8 Å². The van der Waals surface area contributed by atoms with Gasteiger partial charge in [-0.3, -0.25) is 0 Å². The second kappa shape index (κ2) is 15.5. The number of aromatic hydroxyl groups is 1. The van der Waals surface area contributed by atoms with Gasteiger partial charge in [0.2, 0.25) is 0 Å². The maximum absolute atomic E-state index is 12.4. The van der Waals surface area contributed by atoms with Crippen LogP contribution in [-0.4, -0.2) is 5.11 Å². The van der Waals surface area contributed by atoms with Crippen molar-refractivity contribution in [3.63, 3.8) is 0 Å². The molecule has 0 heterocycles. The van der Waals surface area contributed by atoms with Crippen molar-refractivity contribution in [1.82, 2.24) is 0 Å². The molecule has 0 aliphatic carbocycles. The molecule has 43 heavy (non-hydrogen) atoms. The van der Waals surface area contributed by atoms with Crippen LogP contribution in [0.25, 0.3) is 22.3 Å². The highest BCUT2D eigenvalue weighted by molar-refractivity contribution is 5.87. The van der Waals surface area contributed by atoms with Crippen LogP contribution in [0.15, 0.2) is 42.5 Å². The van der Waals surface area contributed by atoms with E-state index in [1.807, 2.05) is 0 Å². The van der Waals surface area contributed by atoms with Gasteiger partial charge >= 0.3 is 0 Å². The number of rotatable bonds is 14. The van der Waals surface area contributed by atoms with Gasteiger partial charge in [0.25, 0.3) is 0 Å². The fourth-order valence-electron chi connectivity index (χ4n) is 6.90. The van der Waals surface area contributed by atoms with Crippen LogP contribution in [0, 0.1) is 35.5 Å². The van der Waals surface area contributed by atoms with Crippen molar-refractivity contribution in [1.29, 1.82) is 0 Å². The lowest BCUT2D eigenvalue weighted by atomic mass is 9.81. The molecule has 3 aromatic rings. The summed E-state index contributed by atoms with van der Waals surface area (Å²) >= 11 is 0. The first-order chi connectivity index (χ1) is 20.2. The predicted octanol–water partition coefficient (Wildman–Crippen LogP) is 11.9. The molecular formula is C42H62O. The van der Waals surface area contributed by atoms with Crippen LogP contribution in [0.4, 0.5) is 0 Å². The molecule has 0 fully saturated rings. The Kier molecular flexibility index (Phi) is 12.6. The SMILES string of the molecule is CC(C)Cc1cc(CC(C)C)c(-c2cccc(-c3c(CC(C)C)cc(CC(C)C)cc3CC(C)C)c2O)c(CC(C)C)c1. The van der Waals surface area contributed by atoms with Gasteiger partial charge in [-0.05, 0) is 119 Å². The zero-order valence-corrected chi connectivity index (χ0v) is 29.7. The van der Waals surface area contributed by atoms with Gasteiger partial charge < -0.3 is 5.11 Å². The normalized spacial score (nSPS) is 12.2. The Labute approximate surface area is 265 Å². The van der Waals surface area contributed by atoms with Gasteiger partial charge in [-0.25, -0.2) is 0 Å². The highest BCUT2D eigenvalue weighted by atomic mass is 16.3. The fourth-order valence-corrected chi connectivity index (χ4v) is 6.90. The first kappa shape index (κ1) is 34.9. The molecular weight excluding hydrogens is 520 g/mol. The molecule has 1 N–H and O–H groups in total. The largest absolute Gasteiger partial charge is 0.507 e. The lowest BCUT2D eigenvalue weighted by molar-refractivity contribution is 0.478. The zero-order chi connectivity index (χ0) is 32.0. The predicted molar refractivity (Wildman–Crippen MR) is 190 cm³/mol. The fraction of sp³-hybridized carbons (Fsp3) is 0.571. The number of phenolic OH excluding ortho intramolecular Hbond substituents is 1. The highest BCUT2D eigenvalue weighted by Crippen LogP contribution is 2.45. The maximum atomic E-state index is 12.4. The third-order valence-corrected chi connectivity index (χ3v) is 8.10. The number of para-hydroxylation sites is 1. The Balaban J connectivity index is 2.38. The standard InChI is InChI=1S/C42H62O/c1-26(2)16-32-22-34(18-28(5)6)40(35(23-32)19-29(7)8)38-14-13-15-39(42(38)43)41-36(20-30(9)10)24-33(17-27(3)4)25-37(41)21-31(11)12/h13-15,22-31,43H,16-21H2,1-12H3. The van der Waals surface area contributed by atoms with E-state index in [0.717, 1.165) is 49.7 Å². The van der Waals surface area contributed by atoms with Crippen LogP contribution in [0.5, 0.6) is 5.75 Å². The third kappa shape index (κ3) is 9.72. The van der Waals surface area contributed by atoms with Gasteiger partial charge in [0, 0.05) is 11.1 Å². The lowest BCUT2D eigenvalue weighted by Crippen LogP contribution is -2.08. The quantitative estimate of drug-likeness (QED) is 0.200. The van der Waals surface area contributed by atoms with Crippen molar-refractivity contribution in [3.8, 4) is 28.0 Å². The summed E-state index contributed by atoms with van der Waals surface area (Å²) in [6.07, 6.45) is 6.22. The van der Waals surface area contributed by atoms with E-state index < -0.39 is 0 Å². The molecule has 0 bridgehead atoms. The lowest BCUT2D eigenvalue weighted by Gasteiger charge is -2.24. The van der Waals surface area contributed by atoms with E-state index in [2.05, 4.69) is 126 Å². The molecule has 0 amide bonds. The second-order valence-corrected chi connectivity index (χ2v) is 15.9. The summed E-state index contributed by atoms with van der Waals surface area (Å²) in [5, 5.41) is 12.4. The first-order valence-electron chi connectivity index (χ1n) is 17.3. The van der Waals surface area contributed by atoms with Crippen LogP contribution in [0.1, 0.15) is 116 Å². The first-order valence-corrected chi connectivity index (χ1v) is 17.3. The monoisotopic (exact) mass is 582 g/mol. The maximum Gasteiger partial charge on any atom is 0.131 e. The molecule has 0 unspecified atom stereocenters. The minimum atomic E-state index is 0.445. The molecule has 0 spiro atoms. The van der Waals surface area contributed by atoms with Crippen molar-refractivity contribution < 1.29 is 5.11 Å². The third-order valence-electron chi connectivity index (χ3n) is 8.10. The van der Waals surface area contributed by atoms with Gasteiger partial charge in [-0.15, -0.1) is 0 Å². The van der Waals surface area contributed by atoms with Crippen LogP contribution in [0.2, 0.25) is 0 Å². The number of hydrogen-bond donors (Lipinski definition) is 1. The van der Waals surface area contributed by atoms with Gasteiger partial charge in [0.1, 0.15) is 5.75 Å². The molecule has 3 rings (SSSR count). The minimum Gasteiger partial charge on any atom is -0.507 e. The van der Waals surface area contributed by atoms with Crippen LogP contribution in [-0.2, 0) is 38.5 Å². The average Bonchev–Trinajstić information content (AvgIpc) is 2.83. The summed E-state index contributed by atoms with van der Waals surface area (Å²) < 4.78 is 0. The van der Waals surface area contributed by atoms with E-state index in [-0.39, 0.29) is 0 Å². The van der Waals surface area contributed by atoms with Crippen molar-refractivity contribution >= 4 is 0 Å². The molecule has 0 aromatic heterocycles. The topological polar surface area (TPSA) is 20.2 Å². The summed E-state index contributed by atoms with van der Waals surface area (Å²) in [6, 6.07) is 16.3. The minimum absolute atomic E-state index is 0.445. The molecule has 0 radical (unpaired) electrons. The average molecular weight is 583 g/mol. The molecule has 1 heteroatoms. The molecule has 0 atom stereocenters.